The Morgan fingerprint density at radius 1 is 1.31 bits per heavy atom. The number of para-hydroxylation sites is 1. The van der Waals surface area contributed by atoms with Crippen molar-refractivity contribution in [2.24, 2.45) is 0 Å². The van der Waals surface area contributed by atoms with E-state index in [1.807, 2.05) is 38.1 Å². The lowest BCUT2D eigenvalue weighted by Gasteiger charge is -2.26. The molecule has 2 N–H and O–H groups in total. The molecule has 1 aliphatic rings. The maximum absolute atomic E-state index is 12.8. The van der Waals surface area contributed by atoms with Crippen LogP contribution in [0.3, 0.4) is 0 Å². The van der Waals surface area contributed by atoms with Gasteiger partial charge >= 0.3 is 0 Å². The predicted molar refractivity (Wildman–Crippen MR) is 103 cm³/mol. The number of amides is 1. The van der Waals surface area contributed by atoms with Gasteiger partial charge < -0.3 is 15.0 Å². The lowest BCUT2D eigenvalue weighted by atomic mass is 9.86. The Bertz CT molecular complexity index is 863. The van der Waals surface area contributed by atoms with Crippen LogP contribution in [0, 0.1) is 0 Å². The zero-order chi connectivity index (χ0) is 18.7. The molecule has 1 atom stereocenters. The first-order valence-corrected chi connectivity index (χ1v) is 9.80. The van der Waals surface area contributed by atoms with Gasteiger partial charge in [0.15, 0.2) is 5.16 Å². The number of aromatic nitrogens is 2. The average molecular weight is 373 g/mol. The first-order chi connectivity index (χ1) is 12.5. The van der Waals surface area contributed by atoms with Crippen LogP contribution >= 0.6 is 11.8 Å². The number of nitrogens with one attached hydrogen (secondary N) is 2. The van der Waals surface area contributed by atoms with E-state index >= 15 is 0 Å². The van der Waals surface area contributed by atoms with Gasteiger partial charge in [-0.05, 0) is 26.3 Å². The molecule has 0 radical (unpaired) electrons. The van der Waals surface area contributed by atoms with Gasteiger partial charge in [-0.3, -0.25) is 9.59 Å². The minimum atomic E-state index is -0.379. The number of hydrogen-bond donors (Lipinski definition) is 2. The second kappa shape index (κ2) is 7.95. The Balaban J connectivity index is 2.07. The van der Waals surface area contributed by atoms with Crippen LogP contribution in [0.1, 0.15) is 50.7 Å². The molecule has 1 aromatic carbocycles. The Morgan fingerprint density at radius 2 is 2.08 bits per heavy atom. The minimum Gasteiger partial charge on any atom is -0.491 e. The van der Waals surface area contributed by atoms with E-state index in [4.69, 9.17) is 4.74 Å². The van der Waals surface area contributed by atoms with Crippen LogP contribution in [0.15, 0.2) is 34.2 Å². The fraction of sp³-hybridized carbons (Fsp3) is 0.421. The number of H-pyrrole nitrogens is 1. The summed E-state index contributed by atoms with van der Waals surface area (Å²) in [5.41, 5.74) is 1.11. The first kappa shape index (κ1) is 18.5. The van der Waals surface area contributed by atoms with Crippen molar-refractivity contribution in [2.45, 2.75) is 50.8 Å². The topological polar surface area (TPSA) is 84.1 Å². The van der Waals surface area contributed by atoms with Crippen LogP contribution in [-0.4, -0.2) is 27.7 Å². The zero-order valence-corrected chi connectivity index (χ0v) is 16.0. The van der Waals surface area contributed by atoms with E-state index in [-0.39, 0.29) is 29.9 Å². The number of nitrogens with zero attached hydrogens (tertiary/aromatic N) is 1. The van der Waals surface area contributed by atoms with Crippen LogP contribution in [0.5, 0.6) is 5.75 Å². The molecule has 1 aromatic heterocycles. The molecule has 1 aliphatic heterocycles. The molecule has 138 valence electrons. The smallest absolute Gasteiger partial charge is 0.257 e. The first-order valence-electron chi connectivity index (χ1n) is 8.82. The van der Waals surface area contributed by atoms with E-state index in [9.17, 15) is 9.59 Å². The summed E-state index contributed by atoms with van der Waals surface area (Å²) in [5, 5.41) is 3.28. The van der Waals surface area contributed by atoms with Gasteiger partial charge in [-0.15, -0.1) is 0 Å². The number of anilines is 1. The molecule has 0 spiro atoms. The summed E-state index contributed by atoms with van der Waals surface area (Å²) in [4.78, 5) is 32.4. The number of fused-ring (bicyclic) bond motifs is 1. The van der Waals surface area contributed by atoms with Crippen molar-refractivity contribution in [1.82, 2.24) is 9.97 Å². The Morgan fingerprint density at radius 3 is 2.81 bits per heavy atom. The molecule has 0 saturated carbocycles. The molecule has 2 aromatic rings. The molecule has 0 saturated heterocycles. The highest BCUT2D eigenvalue weighted by Crippen LogP contribution is 2.38. The number of carbonyl (C=O) groups is 1. The molecule has 7 heteroatoms. The number of thioether (sulfide) groups is 1. The molecule has 2 heterocycles. The third-order valence-corrected chi connectivity index (χ3v) is 5.11. The van der Waals surface area contributed by atoms with Gasteiger partial charge in [-0.1, -0.05) is 36.9 Å². The quantitative estimate of drug-likeness (QED) is 0.598. The maximum Gasteiger partial charge on any atom is 0.257 e. The number of carbonyl (C=O) groups excluding carboxylic acids is 1. The molecule has 0 bridgehead atoms. The van der Waals surface area contributed by atoms with E-state index in [1.54, 1.807) is 0 Å². The summed E-state index contributed by atoms with van der Waals surface area (Å²) in [7, 11) is 0. The van der Waals surface area contributed by atoms with E-state index in [0.29, 0.717) is 22.3 Å². The predicted octanol–water partition coefficient (Wildman–Crippen LogP) is 3.53. The number of aromatic amines is 1. The zero-order valence-electron chi connectivity index (χ0n) is 15.2. The van der Waals surface area contributed by atoms with Crippen LogP contribution in [0.4, 0.5) is 5.82 Å². The second-order valence-corrected chi connectivity index (χ2v) is 7.57. The van der Waals surface area contributed by atoms with Gasteiger partial charge in [-0.25, -0.2) is 4.98 Å². The molecule has 6 nitrogen and oxygen atoms in total. The van der Waals surface area contributed by atoms with Crippen LogP contribution in [0.25, 0.3) is 0 Å². The highest BCUT2D eigenvalue weighted by molar-refractivity contribution is 7.99. The van der Waals surface area contributed by atoms with Crippen molar-refractivity contribution >= 4 is 23.5 Å². The summed E-state index contributed by atoms with van der Waals surface area (Å²) in [5.74, 6) is 1.37. The van der Waals surface area contributed by atoms with E-state index in [1.165, 1.54) is 11.8 Å². The molecule has 3 rings (SSSR count). The molecule has 0 fully saturated rings. The highest BCUT2D eigenvalue weighted by atomic mass is 32.2. The van der Waals surface area contributed by atoms with Crippen molar-refractivity contribution in [3.8, 4) is 5.75 Å². The van der Waals surface area contributed by atoms with Gasteiger partial charge in [0, 0.05) is 23.7 Å². The summed E-state index contributed by atoms with van der Waals surface area (Å²) in [6.07, 6.45) is 1.16. The summed E-state index contributed by atoms with van der Waals surface area (Å²) >= 11 is 1.47. The standard InChI is InChI=1S/C19H23N3O3S/c1-4-9-26-19-21-17-16(18(24)22-19)13(10-15(23)20-17)12-7-5-6-8-14(12)25-11(2)3/h5-8,11,13H,4,9-10H2,1-3H3,(H2,20,21,22,23,24)/t13-/m0/s1. The van der Waals surface area contributed by atoms with E-state index in [0.717, 1.165) is 17.7 Å². The normalized spacial score (nSPS) is 16.3. The van der Waals surface area contributed by atoms with Crippen molar-refractivity contribution in [3.05, 3.63) is 45.7 Å². The van der Waals surface area contributed by atoms with Crippen LogP contribution in [-0.2, 0) is 4.79 Å². The molecule has 0 unspecified atom stereocenters. The summed E-state index contributed by atoms with van der Waals surface area (Å²) in [6.45, 7) is 5.96. The largest absolute Gasteiger partial charge is 0.491 e. The highest BCUT2D eigenvalue weighted by Gasteiger charge is 2.32. The molecular weight excluding hydrogens is 350 g/mol. The molecule has 1 amide bonds. The van der Waals surface area contributed by atoms with Gasteiger partial charge in [-0.2, -0.15) is 0 Å². The minimum absolute atomic E-state index is 0.00253. The average Bonchev–Trinajstić information content (AvgIpc) is 2.59. The Kier molecular flexibility index (Phi) is 5.66. The Hall–Kier alpha value is -2.28. The number of hydrogen-bond acceptors (Lipinski definition) is 5. The summed E-state index contributed by atoms with van der Waals surface area (Å²) < 4.78 is 5.90. The van der Waals surface area contributed by atoms with Gasteiger partial charge in [0.25, 0.3) is 5.56 Å². The van der Waals surface area contributed by atoms with Crippen LogP contribution < -0.4 is 15.6 Å². The van der Waals surface area contributed by atoms with Crippen molar-refractivity contribution in [3.63, 3.8) is 0 Å². The monoisotopic (exact) mass is 373 g/mol. The third kappa shape index (κ3) is 3.93. The van der Waals surface area contributed by atoms with E-state index < -0.39 is 0 Å². The third-order valence-electron chi connectivity index (χ3n) is 4.03. The fourth-order valence-corrected chi connectivity index (χ4v) is 3.73. The Labute approximate surface area is 156 Å². The number of rotatable bonds is 6. The SMILES string of the molecule is CCCSc1nc2c(c(=O)[nH]1)[C@H](c1ccccc1OC(C)C)CC(=O)N2. The number of benzene rings is 1. The van der Waals surface area contributed by atoms with Crippen LogP contribution in [0.2, 0.25) is 0 Å². The second-order valence-electron chi connectivity index (χ2n) is 6.49. The fourth-order valence-electron chi connectivity index (χ4n) is 3.01. The van der Waals surface area contributed by atoms with Gasteiger partial charge in [0.05, 0.1) is 11.7 Å². The molecule has 26 heavy (non-hydrogen) atoms. The van der Waals surface area contributed by atoms with Crippen molar-refractivity contribution in [1.29, 1.82) is 0 Å². The lowest BCUT2D eigenvalue weighted by molar-refractivity contribution is -0.116. The van der Waals surface area contributed by atoms with E-state index in [2.05, 4.69) is 22.2 Å². The lowest BCUT2D eigenvalue weighted by Crippen LogP contribution is -2.31. The maximum atomic E-state index is 12.8. The van der Waals surface area contributed by atoms with Gasteiger partial charge in [0.2, 0.25) is 5.91 Å². The van der Waals surface area contributed by atoms with Crippen molar-refractivity contribution in [2.75, 3.05) is 11.1 Å². The molecular formula is C19H23N3O3S. The van der Waals surface area contributed by atoms with Crippen molar-refractivity contribution < 1.29 is 9.53 Å². The van der Waals surface area contributed by atoms with Gasteiger partial charge in [0.1, 0.15) is 11.6 Å². The molecule has 0 aliphatic carbocycles. The number of ether oxygens (including phenoxy) is 1. The summed E-state index contributed by atoms with van der Waals surface area (Å²) in [6, 6.07) is 7.55.